The third-order valence-corrected chi connectivity index (χ3v) is 7.53. The molecule has 2 aromatic rings. The van der Waals surface area contributed by atoms with E-state index in [2.05, 4.69) is 5.32 Å². The van der Waals surface area contributed by atoms with Gasteiger partial charge in [0.2, 0.25) is 21.8 Å². The van der Waals surface area contributed by atoms with E-state index in [-0.39, 0.29) is 35.2 Å². The topological polar surface area (TPSA) is 86.8 Å². The summed E-state index contributed by atoms with van der Waals surface area (Å²) in [6.45, 7) is 6.66. The lowest BCUT2D eigenvalue weighted by Gasteiger charge is -2.33. The van der Waals surface area contributed by atoms with Gasteiger partial charge in [0.1, 0.15) is 0 Å². The maximum atomic E-state index is 13.1. The van der Waals surface area contributed by atoms with Crippen molar-refractivity contribution in [2.24, 2.45) is 5.92 Å². The van der Waals surface area contributed by atoms with E-state index in [1.165, 1.54) is 4.31 Å². The second-order valence-electron chi connectivity index (χ2n) is 8.26. The van der Waals surface area contributed by atoms with Crippen LogP contribution in [0, 0.1) is 5.92 Å². The molecule has 0 aliphatic carbocycles. The zero-order valence-electron chi connectivity index (χ0n) is 18.4. The van der Waals surface area contributed by atoms with Crippen molar-refractivity contribution in [2.75, 3.05) is 26.2 Å². The van der Waals surface area contributed by atoms with Crippen molar-refractivity contribution >= 4 is 32.6 Å². The van der Waals surface area contributed by atoms with Crippen LogP contribution in [0.2, 0.25) is 0 Å². The summed E-state index contributed by atoms with van der Waals surface area (Å²) in [5, 5.41) is 4.68. The minimum absolute atomic E-state index is 0.0184. The second-order valence-corrected chi connectivity index (χ2v) is 10.2. The first kappa shape index (κ1) is 23.2. The SMILES string of the molecule is CCN(CC(=O)NC(C)C)C(=O)C1CCN(S(=O)(=O)c2ccc3ccccc3c2)CC1. The molecule has 0 bridgehead atoms. The number of fused-ring (bicyclic) bond motifs is 1. The van der Waals surface area contributed by atoms with E-state index in [1.807, 2.05) is 51.1 Å². The van der Waals surface area contributed by atoms with Gasteiger partial charge < -0.3 is 10.2 Å². The average molecular weight is 446 g/mol. The molecule has 1 heterocycles. The van der Waals surface area contributed by atoms with Crippen LogP contribution in [0.1, 0.15) is 33.6 Å². The fourth-order valence-electron chi connectivity index (χ4n) is 3.96. The van der Waals surface area contributed by atoms with Crippen LogP contribution in [-0.2, 0) is 19.6 Å². The third kappa shape index (κ3) is 5.43. The van der Waals surface area contributed by atoms with Gasteiger partial charge in [-0.1, -0.05) is 30.3 Å². The summed E-state index contributed by atoms with van der Waals surface area (Å²) >= 11 is 0. The highest BCUT2D eigenvalue weighted by Gasteiger charge is 2.34. The van der Waals surface area contributed by atoms with Crippen LogP contribution in [-0.4, -0.2) is 61.7 Å². The summed E-state index contributed by atoms with van der Waals surface area (Å²) in [5.41, 5.74) is 0. The molecule has 1 fully saturated rings. The highest BCUT2D eigenvalue weighted by molar-refractivity contribution is 7.89. The van der Waals surface area contributed by atoms with Crippen LogP contribution in [0.4, 0.5) is 0 Å². The van der Waals surface area contributed by atoms with Crippen molar-refractivity contribution in [3.8, 4) is 0 Å². The van der Waals surface area contributed by atoms with Crippen molar-refractivity contribution < 1.29 is 18.0 Å². The monoisotopic (exact) mass is 445 g/mol. The number of benzene rings is 2. The number of nitrogens with zero attached hydrogens (tertiary/aromatic N) is 2. The Morgan fingerprint density at radius 1 is 1.10 bits per heavy atom. The number of nitrogens with one attached hydrogen (secondary N) is 1. The van der Waals surface area contributed by atoms with Gasteiger partial charge in [-0.15, -0.1) is 0 Å². The van der Waals surface area contributed by atoms with Gasteiger partial charge in [-0.25, -0.2) is 8.42 Å². The predicted octanol–water partition coefficient (Wildman–Crippen LogP) is 2.61. The average Bonchev–Trinajstić information content (AvgIpc) is 2.76. The van der Waals surface area contributed by atoms with Crippen LogP contribution >= 0.6 is 0 Å². The van der Waals surface area contributed by atoms with Crippen LogP contribution in [0.25, 0.3) is 10.8 Å². The van der Waals surface area contributed by atoms with Crippen LogP contribution in [0.5, 0.6) is 0 Å². The van der Waals surface area contributed by atoms with Gasteiger partial charge in [0.05, 0.1) is 11.4 Å². The Hall–Kier alpha value is -2.45. The van der Waals surface area contributed by atoms with Gasteiger partial charge in [0, 0.05) is 31.6 Å². The third-order valence-electron chi connectivity index (χ3n) is 5.64. The number of sulfonamides is 1. The second kappa shape index (κ2) is 9.78. The standard InChI is InChI=1S/C23H31N3O4S/c1-4-25(16-22(27)24-17(2)3)23(28)19-11-13-26(14-12-19)31(29,30)21-10-9-18-7-5-6-8-20(18)15-21/h5-10,15,17,19H,4,11-14,16H2,1-3H3,(H,24,27). The number of likely N-dealkylation sites (N-methyl/N-ethyl adjacent to an activating group) is 1. The molecule has 7 nitrogen and oxygen atoms in total. The lowest BCUT2D eigenvalue weighted by atomic mass is 9.96. The molecule has 168 valence electrons. The highest BCUT2D eigenvalue weighted by atomic mass is 32.2. The summed E-state index contributed by atoms with van der Waals surface area (Å²) in [5.74, 6) is -0.527. The molecule has 0 spiro atoms. The zero-order chi connectivity index (χ0) is 22.6. The fourth-order valence-corrected chi connectivity index (χ4v) is 5.47. The minimum atomic E-state index is -3.62. The summed E-state index contributed by atoms with van der Waals surface area (Å²) in [7, 11) is -3.62. The number of carbonyl (C=O) groups is 2. The van der Waals surface area contributed by atoms with Gasteiger partial charge in [0.15, 0.2) is 0 Å². The maximum Gasteiger partial charge on any atom is 0.243 e. The Morgan fingerprint density at radius 3 is 2.35 bits per heavy atom. The molecule has 3 rings (SSSR count). The molecule has 0 saturated carbocycles. The molecule has 1 aliphatic rings. The predicted molar refractivity (Wildman–Crippen MR) is 121 cm³/mol. The number of hydrogen-bond donors (Lipinski definition) is 1. The molecule has 8 heteroatoms. The summed E-state index contributed by atoms with van der Waals surface area (Å²) in [6, 6.07) is 12.8. The molecule has 0 aromatic heterocycles. The smallest absolute Gasteiger partial charge is 0.243 e. The molecule has 1 saturated heterocycles. The van der Waals surface area contributed by atoms with E-state index >= 15 is 0 Å². The summed E-state index contributed by atoms with van der Waals surface area (Å²) < 4.78 is 27.7. The lowest BCUT2D eigenvalue weighted by molar-refractivity contribution is -0.140. The summed E-state index contributed by atoms with van der Waals surface area (Å²) in [4.78, 5) is 26.8. The highest BCUT2D eigenvalue weighted by Crippen LogP contribution is 2.27. The number of hydrogen-bond acceptors (Lipinski definition) is 4. The van der Waals surface area contributed by atoms with Crippen molar-refractivity contribution in [3.05, 3.63) is 42.5 Å². The van der Waals surface area contributed by atoms with E-state index in [4.69, 9.17) is 0 Å². The van der Waals surface area contributed by atoms with Gasteiger partial charge in [-0.3, -0.25) is 9.59 Å². The van der Waals surface area contributed by atoms with Crippen LogP contribution < -0.4 is 5.32 Å². The Bertz CT molecular complexity index is 1040. The molecule has 0 radical (unpaired) electrons. The number of rotatable bonds is 7. The quantitative estimate of drug-likeness (QED) is 0.710. The molecular weight excluding hydrogens is 414 g/mol. The molecule has 0 unspecified atom stereocenters. The normalized spacial score (nSPS) is 15.9. The lowest BCUT2D eigenvalue weighted by Crippen LogP contribution is -2.47. The molecule has 31 heavy (non-hydrogen) atoms. The first-order valence-corrected chi connectivity index (χ1v) is 12.2. The Balaban J connectivity index is 1.64. The van der Waals surface area contributed by atoms with Crippen LogP contribution in [0.15, 0.2) is 47.4 Å². The number of piperidine rings is 1. The molecule has 2 amide bonds. The van der Waals surface area contributed by atoms with Crippen LogP contribution in [0.3, 0.4) is 0 Å². The fraction of sp³-hybridized carbons (Fsp3) is 0.478. The van der Waals surface area contributed by atoms with Crippen molar-refractivity contribution in [1.29, 1.82) is 0 Å². The zero-order valence-corrected chi connectivity index (χ0v) is 19.2. The van der Waals surface area contributed by atoms with E-state index in [0.717, 1.165) is 10.8 Å². The molecule has 1 N–H and O–H groups in total. The Labute approximate surface area is 184 Å². The number of carbonyl (C=O) groups excluding carboxylic acids is 2. The maximum absolute atomic E-state index is 13.1. The minimum Gasteiger partial charge on any atom is -0.352 e. The molecule has 1 aliphatic heterocycles. The van der Waals surface area contributed by atoms with E-state index in [0.29, 0.717) is 32.5 Å². The summed E-state index contributed by atoms with van der Waals surface area (Å²) in [6.07, 6.45) is 0.905. The van der Waals surface area contributed by atoms with E-state index < -0.39 is 10.0 Å². The van der Waals surface area contributed by atoms with Crippen molar-refractivity contribution in [1.82, 2.24) is 14.5 Å². The largest absolute Gasteiger partial charge is 0.352 e. The van der Waals surface area contributed by atoms with E-state index in [9.17, 15) is 18.0 Å². The number of amides is 2. The molecular formula is C23H31N3O4S. The van der Waals surface area contributed by atoms with Gasteiger partial charge in [-0.05, 0) is 56.5 Å². The molecule has 0 atom stereocenters. The van der Waals surface area contributed by atoms with Gasteiger partial charge in [0.25, 0.3) is 0 Å². The van der Waals surface area contributed by atoms with Crippen molar-refractivity contribution in [3.63, 3.8) is 0 Å². The Morgan fingerprint density at radius 2 is 1.74 bits per heavy atom. The first-order chi connectivity index (χ1) is 14.7. The first-order valence-electron chi connectivity index (χ1n) is 10.8. The van der Waals surface area contributed by atoms with Crippen molar-refractivity contribution in [2.45, 2.75) is 44.6 Å². The van der Waals surface area contributed by atoms with Gasteiger partial charge in [-0.2, -0.15) is 4.31 Å². The van der Waals surface area contributed by atoms with E-state index in [1.54, 1.807) is 17.0 Å². The Kier molecular flexibility index (Phi) is 7.33. The van der Waals surface area contributed by atoms with Gasteiger partial charge >= 0.3 is 0 Å². The molecule has 2 aromatic carbocycles.